The summed E-state index contributed by atoms with van der Waals surface area (Å²) in [6.45, 7) is 0. The van der Waals surface area contributed by atoms with Gasteiger partial charge < -0.3 is 10.6 Å². The molecule has 0 spiro atoms. The van der Waals surface area contributed by atoms with Gasteiger partial charge in [-0.1, -0.05) is 11.6 Å². The molecule has 3 amide bonds. The third-order valence-electron chi connectivity index (χ3n) is 2.52. The number of nitrogens with one attached hydrogen (secondary N) is 4. The molecule has 0 aliphatic rings. The number of hydrogen-bond acceptors (Lipinski definition) is 3. The first-order valence-corrected chi connectivity index (χ1v) is 6.44. The van der Waals surface area contributed by atoms with Crippen LogP contribution in [0.15, 0.2) is 48.5 Å². The van der Waals surface area contributed by atoms with E-state index in [4.69, 9.17) is 11.6 Å². The Kier molecular flexibility index (Phi) is 5.00. The van der Waals surface area contributed by atoms with Crippen LogP contribution in [0.3, 0.4) is 0 Å². The van der Waals surface area contributed by atoms with E-state index < -0.39 is 0 Å². The Bertz CT molecular complexity index is 614. The lowest BCUT2D eigenvalue weighted by Crippen LogP contribution is -2.20. The van der Waals surface area contributed by atoms with E-state index in [1.807, 2.05) is 0 Å². The van der Waals surface area contributed by atoms with Crippen molar-refractivity contribution in [2.24, 2.45) is 0 Å². The number of urea groups is 1. The second-order valence-electron chi connectivity index (χ2n) is 4.05. The standard InChI is InChI=1S/C14H13ClN4O2/c15-10-1-3-11(4-2-10)17-14(21)18-12-5-7-13(8-6-12)19-16-9-20/h1-9,19H,(H,16,20)(H2,17,18,21). The van der Waals surface area contributed by atoms with Gasteiger partial charge in [-0.15, -0.1) is 0 Å². The topological polar surface area (TPSA) is 82.3 Å². The lowest BCUT2D eigenvalue weighted by Gasteiger charge is -2.09. The smallest absolute Gasteiger partial charge is 0.308 e. The number of amides is 3. The van der Waals surface area contributed by atoms with E-state index in [1.54, 1.807) is 48.5 Å². The molecule has 0 aliphatic carbocycles. The molecule has 2 aromatic carbocycles. The zero-order chi connectivity index (χ0) is 15.1. The molecule has 7 heteroatoms. The van der Waals surface area contributed by atoms with Gasteiger partial charge in [-0.25, -0.2) is 4.79 Å². The highest BCUT2D eigenvalue weighted by molar-refractivity contribution is 6.30. The molecule has 0 saturated carbocycles. The summed E-state index contributed by atoms with van der Waals surface area (Å²) in [4.78, 5) is 21.9. The van der Waals surface area contributed by atoms with Crippen molar-refractivity contribution in [1.82, 2.24) is 5.43 Å². The van der Waals surface area contributed by atoms with Crippen molar-refractivity contribution in [1.29, 1.82) is 0 Å². The zero-order valence-corrected chi connectivity index (χ0v) is 11.6. The summed E-state index contributed by atoms with van der Waals surface area (Å²) >= 11 is 5.77. The van der Waals surface area contributed by atoms with Gasteiger partial charge in [0, 0.05) is 16.4 Å². The van der Waals surface area contributed by atoms with Crippen LogP contribution in [0.4, 0.5) is 21.9 Å². The van der Waals surface area contributed by atoms with Crippen LogP contribution in [-0.2, 0) is 4.79 Å². The minimum atomic E-state index is -0.357. The molecule has 2 aromatic rings. The lowest BCUT2D eigenvalue weighted by molar-refractivity contribution is -0.109. The molecular formula is C14H13ClN4O2. The highest BCUT2D eigenvalue weighted by Gasteiger charge is 2.02. The van der Waals surface area contributed by atoms with Crippen molar-refractivity contribution in [3.05, 3.63) is 53.6 Å². The molecule has 4 N–H and O–H groups in total. The normalized spacial score (nSPS) is 9.57. The third kappa shape index (κ3) is 4.70. The van der Waals surface area contributed by atoms with E-state index >= 15 is 0 Å². The van der Waals surface area contributed by atoms with Crippen molar-refractivity contribution in [3.63, 3.8) is 0 Å². The van der Waals surface area contributed by atoms with Crippen molar-refractivity contribution in [2.75, 3.05) is 16.1 Å². The number of anilines is 3. The molecule has 0 fully saturated rings. The average molecular weight is 305 g/mol. The van der Waals surface area contributed by atoms with Crippen molar-refractivity contribution in [3.8, 4) is 0 Å². The molecule has 0 unspecified atom stereocenters. The van der Waals surface area contributed by atoms with Crippen molar-refractivity contribution in [2.45, 2.75) is 0 Å². The van der Waals surface area contributed by atoms with Crippen LogP contribution in [0.5, 0.6) is 0 Å². The summed E-state index contributed by atoms with van der Waals surface area (Å²) in [5.41, 5.74) is 6.95. The fourth-order valence-electron chi connectivity index (χ4n) is 1.58. The Morgan fingerprint density at radius 3 is 1.86 bits per heavy atom. The lowest BCUT2D eigenvalue weighted by atomic mass is 10.3. The monoisotopic (exact) mass is 304 g/mol. The summed E-state index contributed by atoms with van der Waals surface area (Å²) in [6, 6.07) is 13.3. The van der Waals surface area contributed by atoms with E-state index in [1.165, 1.54) is 0 Å². The first kappa shape index (κ1) is 14.7. The highest BCUT2D eigenvalue weighted by Crippen LogP contribution is 2.15. The van der Waals surface area contributed by atoms with E-state index in [0.717, 1.165) is 0 Å². The van der Waals surface area contributed by atoms with Gasteiger partial charge in [0.25, 0.3) is 0 Å². The number of halogens is 1. The van der Waals surface area contributed by atoms with Crippen LogP contribution in [0.2, 0.25) is 5.02 Å². The van der Waals surface area contributed by atoms with E-state index in [2.05, 4.69) is 21.5 Å². The van der Waals surface area contributed by atoms with Crippen LogP contribution in [0.1, 0.15) is 0 Å². The number of hydrogen-bond donors (Lipinski definition) is 4. The largest absolute Gasteiger partial charge is 0.323 e. The highest BCUT2D eigenvalue weighted by atomic mass is 35.5. The molecule has 2 rings (SSSR count). The molecule has 0 bridgehead atoms. The number of carbonyl (C=O) groups is 2. The Balaban J connectivity index is 1.90. The second-order valence-corrected chi connectivity index (χ2v) is 4.49. The number of rotatable bonds is 5. The van der Waals surface area contributed by atoms with Gasteiger partial charge in [0.2, 0.25) is 6.41 Å². The fourth-order valence-corrected chi connectivity index (χ4v) is 1.70. The Labute approximate surface area is 126 Å². The molecule has 0 aliphatic heterocycles. The van der Waals surface area contributed by atoms with Gasteiger partial charge in [-0.3, -0.25) is 15.6 Å². The molecule has 0 aromatic heterocycles. The van der Waals surface area contributed by atoms with Gasteiger partial charge in [-0.05, 0) is 48.5 Å². The van der Waals surface area contributed by atoms with Gasteiger partial charge in [0.05, 0.1) is 5.69 Å². The van der Waals surface area contributed by atoms with Crippen LogP contribution in [-0.4, -0.2) is 12.4 Å². The minimum absolute atomic E-state index is 0.357. The van der Waals surface area contributed by atoms with Gasteiger partial charge >= 0.3 is 6.03 Å². The predicted molar refractivity (Wildman–Crippen MR) is 83.4 cm³/mol. The average Bonchev–Trinajstić information content (AvgIpc) is 2.49. The van der Waals surface area contributed by atoms with E-state index in [9.17, 15) is 9.59 Å². The predicted octanol–water partition coefficient (Wildman–Crippen LogP) is 3.06. The molecule has 0 radical (unpaired) electrons. The first-order valence-electron chi connectivity index (χ1n) is 6.06. The molecule has 0 saturated heterocycles. The maximum absolute atomic E-state index is 11.8. The number of hydrazine groups is 1. The van der Waals surface area contributed by atoms with Crippen LogP contribution in [0, 0.1) is 0 Å². The Morgan fingerprint density at radius 2 is 1.33 bits per heavy atom. The molecule has 21 heavy (non-hydrogen) atoms. The molecular weight excluding hydrogens is 292 g/mol. The number of benzene rings is 2. The third-order valence-corrected chi connectivity index (χ3v) is 2.77. The Morgan fingerprint density at radius 1 is 0.857 bits per heavy atom. The summed E-state index contributed by atoms with van der Waals surface area (Å²) < 4.78 is 0. The summed E-state index contributed by atoms with van der Waals surface area (Å²) in [6.07, 6.45) is 0.533. The maximum atomic E-state index is 11.8. The summed E-state index contributed by atoms with van der Waals surface area (Å²) in [5, 5.41) is 5.98. The van der Waals surface area contributed by atoms with E-state index in [0.29, 0.717) is 28.5 Å². The molecule has 0 heterocycles. The quantitative estimate of drug-likeness (QED) is 0.506. The van der Waals surface area contributed by atoms with Gasteiger partial charge in [0.15, 0.2) is 0 Å². The minimum Gasteiger partial charge on any atom is -0.308 e. The maximum Gasteiger partial charge on any atom is 0.323 e. The summed E-state index contributed by atoms with van der Waals surface area (Å²) in [5.74, 6) is 0. The van der Waals surface area contributed by atoms with Crippen LogP contribution in [0.25, 0.3) is 0 Å². The zero-order valence-electron chi connectivity index (χ0n) is 10.9. The SMILES string of the molecule is O=CNNc1ccc(NC(=O)Nc2ccc(Cl)cc2)cc1. The molecule has 0 atom stereocenters. The first-order chi connectivity index (χ1) is 10.2. The van der Waals surface area contributed by atoms with Crippen LogP contribution >= 0.6 is 11.6 Å². The van der Waals surface area contributed by atoms with Gasteiger partial charge in [0.1, 0.15) is 0 Å². The Hall–Kier alpha value is -2.73. The second kappa shape index (κ2) is 7.16. The van der Waals surface area contributed by atoms with Crippen LogP contribution < -0.4 is 21.5 Å². The van der Waals surface area contributed by atoms with Gasteiger partial charge in [-0.2, -0.15) is 0 Å². The van der Waals surface area contributed by atoms with E-state index in [-0.39, 0.29) is 6.03 Å². The van der Waals surface area contributed by atoms with Crippen molar-refractivity contribution < 1.29 is 9.59 Å². The van der Waals surface area contributed by atoms with Crippen molar-refractivity contribution >= 4 is 41.1 Å². The molecule has 6 nitrogen and oxygen atoms in total. The summed E-state index contributed by atoms with van der Waals surface area (Å²) in [7, 11) is 0. The fraction of sp³-hybridized carbons (Fsp3) is 0. The molecule has 108 valence electrons. The number of carbonyl (C=O) groups excluding carboxylic acids is 2.